The summed E-state index contributed by atoms with van der Waals surface area (Å²) in [4.78, 5) is 12.4. The van der Waals surface area contributed by atoms with Gasteiger partial charge in [0.2, 0.25) is 0 Å². The number of rotatable bonds is 4. The highest BCUT2D eigenvalue weighted by Gasteiger charge is 2.30. The molecule has 0 radical (unpaired) electrons. The summed E-state index contributed by atoms with van der Waals surface area (Å²) in [5.74, 6) is -0.807. The lowest BCUT2D eigenvalue weighted by Crippen LogP contribution is -2.14. The lowest BCUT2D eigenvalue weighted by molar-refractivity contribution is -0.137. The van der Waals surface area contributed by atoms with Crippen LogP contribution in [0.1, 0.15) is 16.8 Å². The smallest absolute Gasteiger partial charge is 0.321 e. The second kappa shape index (κ2) is 8.02. The zero-order valence-electron chi connectivity index (χ0n) is 15.2. The number of nitrogens with one attached hydrogen (secondary N) is 1. The molecule has 0 saturated carbocycles. The third-order valence-corrected chi connectivity index (χ3v) is 4.07. The highest BCUT2D eigenvalue weighted by molar-refractivity contribution is 6.09. The highest BCUT2D eigenvalue weighted by atomic mass is 19.4. The number of carbonyl (C=O) groups is 1. The highest BCUT2D eigenvalue weighted by Crippen LogP contribution is 2.30. The molecule has 146 valence electrons. The maximum atomic E-state index is 12.8. The number of nitrogens with zero attached hydrogens (tertiary/aromatic N) is 3. The first-order valence-corrected chi connectivity index (χ1v) is 8.50. The van der Waals surface area contributed by atoms with E-state index in [1.807, 2.05) is 30.3 Å². The van der Waals surface area contributed by atoms with Crippen LogP contribution in [0, 0.1) is 18.3 Å². The Labute approximate surface area is 164 Å². The molecule has 0 bridgehead atoms. The Morgan fingerprint density at radius 2 is 1.90 bits per heavy atom. The van der Waals surface area contributed by atoms with Crippen molar-refractivity contribution in [1.82, 2.24) is 9.78 Å². The van der Waals surface area contributed by atoms with Crippen molar-refractivity contribution in [2.45, 2.75) is 13.1 Å². The van der Waals surface area contributed by atoms with Gasteiger partial charge < -0.3 is 5.32 Å². The second-order valence-corrected chi connectivity index (χ2v) is 6.15. The molecule has 8 heteroatoms. The van der Waals surface area contributed by atoms with E-state index in [0.717, 1.165) is 17.8 Å². The van der Waals surface area contributed by atoms with Crippen LogP contribution in [-0.4, -0.2) is 15.7 Å². The zero-order chi connectivity index (χ0) is 21.0. The molecule has 0 atom stereocenters. The lowest BCUT2D eigenvalue weighted by Gasteiger charge is -2.09. The molecule has 0 aliphatic rings. The first-order chi connectivity index (χ1) is 13.8. The van der Waals surface area contributed by atoms with Crippen molar-refractivity contribution in [1.29, 1.82) is 5.26 Å². The van der Waals surface area contributed by atoms with E-state index < -0.39 is 17.6 Å². The molecule has 1 heterocycles. The quantitative estimate of drug-likeness (QED) is 0.511. The van der Waals surface area contributed by atoms with Crippen LogP contribution in [0.15, 0.2) is 66.4 Å². The monoisotopic (exact) mass is 396 g/mol. The molecule has 1 amide bonds. The van der Waals surface area contributed by atoms with E-state index in [-0.39, 0.29) is 11.3 Å². The van der Waals surface area contributed by atoms with Crippen molar-refractivity contribution in [3.05, 3.63) is 83.2 Å². The molecule has 5 nitrogen and oxygen atoms in total. The van der Waals surface area contributed by atoms with Gasteiger partial charge in [-0.3, -0.25) is 4.79 Å². The Morgan fingerprint density at radius 3 is 2.55 bits per heavy atom. The van der Waals surface area contributed by atoms with E-state index in [2.05, 4.69) is 10.4 Å². The Kier molecular flexibility index (Phi) is 5.50. The van der Waals surface area contributed by atoms with E-state index in [1.54, 1.807) is 23.9 Å². The minimum absolute atomic E-state index is 0.0531. The van der Waals surface area contributed by atoms with Gasteiger partial charge in [0.15, 0.2) is 0 Å². The van der Waals surface area contributed by atoms with Crippen LogP contribution >= 0.6 is 0 Å². The molecule has 3 rings (SSSR count). The van der Waals surface area contributed by atoms with Gasteiger partial charge in [-0.25, -0.2) is 4.68 Å². The van der Waals surface area contributed by atoms with E-state index >= 15 is 0 Å². The Morgan fingerprint density at radius 1 is 1.17 bits per heavy atom. The Bertz CT molecular complexity index is 1110. The Balaban J connectivity index is 1.85. The maximum absolute atomic E-state index is 12.8. The van der Waals surface area contributed by atoms with Crippen molar-refractivity contribution >= 4 is 17.7 Å². The van der Waals surface area contributed by atoms with Crippen LogP contribution in [0.2, 0.25) is 0 Å². The number of nitriles is 1. The van der Waals surface area contributed by atoms with E-state index in [0.29, 0.717) is 11.3 Å². The molecular formula is C21H15F3N4O. The number of aryl methyl sites for hydroxylation is 1. The van der Waals surface area contributed by atoms with Crippen LogP contribution in [0.25, 0.3) is 11.8 Å². The molecule has 3 aromatic rings. The van der Waals surface area contributed by atoms with Gasteiger partial charge in [-0.05, 0) is 43.3 Å². The number of alkyl halides is 3. The first-order valence-electron chi connectivity index (χ1n) is 8.50. The molecule has 0 spiro atoms. The SMILES string of the molecule is Cc1nn(-c2ccccc2)cc1/C=C(\C#N)C(=O)Nc1cccc(C(F)(F)F)c1. The number of anilines is 1. The topological polar surface area (TPSA) is 70.7 Å². The van der Waals surface area contributed by atoms with Crippen molar-refractivity contribution in [3.63, 3.8) is 0 Å². The fourth-order valence-corrected chi connectivity index (χ4v) is 2.60. The lowest BCUT2D eigenvalue weighted by atomic mass is 10.1. The summed E-state index contributed by atoms with van der Waals surface area (Å²) in [6.45, 7) is 1.73. The first kappa shape index (κ1) is 19.9. The summed E-state index contributed by atoms with van der Waals surface area (Å²) in [7, 11) is 0. The number of hydrogen-bond donors (Lipinski definition) is 1. The molecule has 0 fully saturated rings. The zero-order valence-corrected chi connectivity index (χ0v) is 15.2. The number of aromatic nitrogens is 2. The van der Waals surface area contributed by atoms with Crippen LogP contribution < -0.4 is 5.32 Å². The third-order valence-electron chi connectivity index (χ3n) is 4.07. The minimum atomic E-state index is -4.53. The number of carbonyl (C=O) groups excluding carboxylic acids is 1. The number of halogens is 3. The minimum Gasteiger partial charge on any atom is -0.321 e. The summed E-state index contributed by atoms with van der Waals surface area (Å²) in [6, 6.07) is 15.3. The molecule has 1 aromatic heterocycles. The average Bonchev–Trinajstić information content (AvgIpc) is 3.06. The predicted octanol–water partition coefficient (Wildman–Crippen LogP) is 4.75. The summed E-state index contributed by atoms with van der Waals surface area (Å²) in [6.07, 6.45) is -1.51. The second-order valence-electron chi connectivity index (χ2n) is 6.15. The van der Waals surface area contributed by atoms with Gasteiger partial charge in [0.1, 0.15) is 11.6 Å². The van der Waals surface area contributed by atoms with E-state index in [4.69, 9.17) is 0 Å². The van der Waals surface area contributed by atoms with Gasteiger partial charge in [0.25, 0.3) is 5.91 Å². The number of hydrogen-bond acceptors (Lipinski definition) is 3. The van der Waals surface area contributed by atoms with Crippen LogP contribution in [0.4, 0.5) is 18.9 Å². The normalized spacial score (nSPS) is 11.8. The van der Waals surface area contributed by atoms with Gasteiger partial charge >= 0.3 is 6.18 Å². The van der Waals surface area contributed by atoms with E-state index in [9.17, 15) is 23.2 Å². The Hall–Kier alpha value is -3.86. The van der Waals surface area contributed by atoms with Crippen molar-refractivity contribution in [3.8, 4) is 11.8 Å². The standard InChI is InChI=1S/C21H15F3N4O/c1-14-16(13-28(27-14)19-8-3-2-4-9-19)10-15(12-25)20(29)26-18-7-5-6-17(11-18)21(22,23)24/h2-11,13H,1H3,(H,26,29)/b15-10+. The average molecular weight is 396 g/mol. The molecule has 0 saturated heterocycles. The number of para-hydroxylation sites is 1. The molecule has 0 unspecified atom stereocenters. The number of amides is 1. The summed E-state index contributed by atoms with van der Waals surface area (Å²) >= 11 is 0. The van der Waals surface area contributed by atoms with Crippen molar-refractivity contribution in [2.24, 2.45) is 0 Å². The van der Waals surface area contributed by atoms with Gasteiger partial charge in [0, 0.05) is 17.4 Å². The molecule has 2 aromatic carbocycles. The molecule has 1 N–H and O–H groups in total. The largest absolute Gasteiger partial charge is 0.416 e. The summed E-state index contributed by atoms with van der Waals surface area (Å²) < 4.78 is 40.1. The predicted molar refractivity (Wildman–Crippen MR) is 102 cm³/mol. The number of benzene rings is 2. The summed E-state index contributed by atoms with van der Waals surface area (Å²) in [5, 5.41) is 16.0. The van der Waals surface area contributed by atoms with Crippen LogP contribution in [0.5, 0.6) is 0 Å². The fourth-order valence-electron chi connectivity index (χ4n) is 2.60. The van der Waals surface area contributed by atoms with Gasteiger partial charge in [-0.2, -0.15) is 23.5 Å². The third kappa shape index (κ3) is 4.71. The summed E-state index contributed by atoms with van der Waals surface area (Å²) in [5.41, 5.74) is 0.749. The molecule has 0 aliphatic carbocycles. The fraction of sp³-hybridized carbons (Fsp3) is 0.0952. The van der Waals surface area contributed by atoms with Crippen molar-refractivity contribution in [2.75, 3.05) is 5.32 Å². The molecular weight excluding hydrogens is 381 g/mol. The van der Waals surface area contributed by atoms with Gasteiger partial charge in [-0.1, -0.05) is 24.3 Å². The van der Waals surface area contributed by atoms with Gasteiger partial charge in [0.05, 0.1) is 16.9 Å². The van der Waals surface area contributed by atoms with Crippen LogP contribution in [0.3, 0.4) is 0 Å². The molecule has 0 aliphatic heterocycles. The molecule has 29 heavy (non-hydrogen) atoms. The van der Waals surface area contributed by atoms with Gasteiger partial charge in [-0.15, -0.1) is 0 Å². The van der Waals surface area contributed by atoms with Crippen LogP contribution in [-0.2, 0) is 11.0 Å². The van der Waals surface area contributed by atoms with E-state index in [1.165, 1.54) is 18.2 Å². The maximum Gasteiger partial charge on any atom is 0.416 e. The van der Waals surface area contributed by atoms with Crippen molar-refractivity contribution < 1.29 is 18.0 Å².